The molecule has 1 heterocycles. The third-order valence-electron chi connectivity index (χ3n) is 2.38. The van der Waals surface area contributed by atoms with E-state index in [2.05, 4.69) is 20.8 Å². The third kappa shape index (κ3) is 4.49. The summed E-state index contributed by atoms with van der Waals surface area (Å²) >= 11 is 0. The normalized spacial score (nSPS) is 10.5. The fraction of sp³-hybridized carbons (Fsp3) is 0.700. The van der Waals surface area contributed by atoms with Gasteiger partial charge in [-0.15, -0.1) is 10.2 Å². The fourth-order valence-corrected chi connectivity index (χ4v) is 1.25. The van der Waals surface area contributed by atoms with E-state index in [1.165, 1.54) is 0 Å². The predicted octanol–water partition coefficient (Wildman–Crippen LogP) is -1.02. The van der Waals surface area contributed by atoms with Crippen LogP contribution in [0.5, 0.6) is 0 Å². The highest BCUT2D eigenvalue weighted by molar-refractivity contribution is 5.77. The molecule has 0 aliphatic carbocycles. The topological polar surface area (TPSA) is 81.1 Å². The second kappa shape index (κ2) is 6.97. The number of rotatable bonds is 7. The van der Waals surface area contributed by atoms with Crippen molar-refractivity contribution in [1.29, 1.82) is 0 Å². The van der Waals surface area contributed by atoms with Crippen molar-refractivity contribution < 1.29 is 9.53 Å². The number of aryl methyl sites for hydroxylation is 1. The molecule has 0 aliphatic heterocycles. The van der Waals surface area contributed by atoms with E-state index in [1.54, 1.807) is 7.11 Å². The highest BCUT2D eigenvalue weighted by atomic mass is 16.5. The van der Waals surface area contributed by atoms with E-state index in [1.807, 2.05) is 18.5 Å². The van der Waals surface area contributed by atoms with Crippen LogP contribution in [0.15, 0.2) is 0 Å². The second-order valence-electron chi connectivity index (χ2n) is 3.67. The molecule has 0 spiro atoms. The lowest BCUT2D eigenvalue weighted by atomic mass is 10.5. The van der Waals surface area contributed by atoms with Gasteiger partial charge < -0.3 is 19.9 Å². The number of nitrogens with one attached hydrogen (secondary N) is 2. The van der Waals surface area contributed by atoms with Crippen molar-refractivity contribution in [2.75, 3.05) is 26.8 Å². The van der Waals surface area contributed by atoms with Gasteiger partial charge in [0.25, 0.3) is 0 Å². The highest BCUT2D eigenvalue weighted by Crippen LogP contribution is 1.95. The van der Waals surface area contributed by atoms with E-state index < -0.39 is 0 Å². The SMILES string of the molecule is COCCNC(=O)CNCc1nnc(C)n1C. The molecule has 1 aromatic rings. The van der Waals surface area contributed by atoms with Crippen molar-refractivity contribution >= 4 is 5.91 Å². The number of nitrogens with zero attached hydrogens (tertiary/aromatic N) is 3. The Morgan fingerprint density at radius 2 is 2.24 bits per heavy atom. The average molecular weight is 241 g/mol. The summed E-state index contributed by atoms with van der Waals surface area (Å²) in [6.07, 6.45) is 0. The maximum absolute atomic E-state index is 11.3. The van der Waals surface area contributed by atoms with Crippen LogP contribution in [-0.2, 0) is 23.1 Å². The van der Waals surface area contributed by atoms with Gasteiger partial charge in [0, 0.05) is 20.7 Å². The Bertz CT molecular complexity index is 364. The Hall–Kier alpha value is -1.47. The zero-order chi connectivity index (χ0) is 12.7. The molecule has 1 amide bonds. The molecular weight excluding hydrogens is 222 g/mol. The molecule has 7 heteroatoms. The minimum Gasteiger partial charge on any atom is -0.383 e. The van der Waals surface area contributed by atoms with Crippen molar-refractivity contribution in [3.8, 4) is 0 Å². The van der Waals surface area contributed by atoms with Crippen LogP contribution >= 0.6 is 0 Å². The van der Waals surface area contributed by atoms with Gasteiger partial charge in [-0.1, -0.05) is 0 Å². The summed E-state index contributed by atoms with van der Waals surface area (Å²) < 4.78 is 6.71. The van der Waals surface area contributed by atoms with Crippen LogP contribution in [0.25, 0.3) is 0 Å². The van der Waals surface area contributed by atoms with Gasteiger partial charge in [0.05, 0.1) is 19.7 Å². The molecule has 0 aliphatic rings. The largest absolute Gasteiger partial charge is 0.383 e. The molecule has 17 heavy (non-hydrogen) atoms. The number of amides is 1. The van der Waals surface area contributed by atoms with Gasteiger partial charge in [0.15, 0.2) is 0 Å². The molecule has 96 valence electrons. The van der Waals surface area contributed by atoms with Crippen LogP contribution in [0.4, 0.5) is 0 Å². The van der Waals surface area contributed by atoms with Crippen molar-refractivity contribution in [3.63, 3.8) is 0 Å². The summed E-state index contributed by atoms with van der Waals surface area (Å²) in [4.78, 5) is 11.3. The molecule has 0 saturated carbocycles. The van der Waals surface area contributed by atoms with Crippen molar-refractivity contribution in [2.24, 2.45) is 7.05 Å². The lowest BCUT2D eigenvalue weighted by Gasteiger charge is -2.06. The molecule has 0 fully saturated rings. The molecule has 2 N–H and O–H groups in total. The minimum atomic E-state index is -0.0547. The number of hydrogen-bond acceptors (Lipinski definition) is 5. The first-order valence-electron chi connectivity index (χ1n) is 5.46. The van der Waals surface area contributed by atoms with Gasteiger partial charge >= 0.3 is 0 Å². The molecule has 7 nitrogen and oxygen atoms in total. The first-order valence-corrected chi connectivity index (χ1v) is 5.46. The number of methoxy groups -OCH3 is 1. The number of ether oxygens (including phenoxy) is 1. The first kappa shape index (κ1) is 13.6. The first-order chi connectivity index (χ1) is 8.15. The quantitative estimate of drug-likeness (QED) is 0.597. The lowest BCUT2D eigenvalue weighted by Crippen LogP contribution is -2.35. The fourth-order valence-electron chi connectivity index (χ4n) is 1.25. The Morgan fingerprint density at radius 1 is 1.47 bits per heavy atom. The molecular formula is C10H19N5O2. The summed E-state index contributed by atoms with van der Waals surface area (Å²) in [7, 11) is 3.49. The minimum absolute atomic E-state index is 0.0547. The number of hydrogen-bond donors (Lipinski definition) is 2. The summed E-state index contributed by atoms with van der Waals surface area (Å²) in [6, 6.07) is 0. The summed E-state index contributed by atoms with van der Waals surface area (Å²) in [5.74, 6) is 1.61. The van der Waals surface area contributed by atoms with E-state index in [0.717, 1.165) is 11.6 Å². The lowest BCUT2D eigenvalue weighted by molar-refractivity contribution is -0.120. The number of aromatic nitrogens is 3. The molecule has 0 unspecified atom stereocenters. The van der Waals surface area contributed by atoms with Gasteiger partial charge in [-0.05, 0) is 6.92 Å². The average Bonchev–Trinajstić information content (AvgIpc) is 2.61. The molecule has 0 bridgehead atoms. The van der Waals surface area contributed by atoms with E-state index >= 15 is 0 Å². The van der Waals surface area contributed by atoms with E-state index in [-0.39, 0.29) is 12.5 Å². The summed E-state index contributed by atoms with van der Waals surface area (Å²) in [5.41, 5.74) is 0. The van der Waals surface area contributed by atoms with Crippen LogP contribution in [0.2, 0.25) is 0 Å². The Balaban J connectivity index is 2.19. The molecule has 1 aromatic heterocycles. The van der Waals surface area contributed by atoms with E-state index in [4.69, 9.17) is 4.74 Å². The summed E-state index contributed by atoms with van der Waals surface area (Å²) in [6.45, 7) is 3.72. The van der Waals surface area contributed by atoms with Crippen LogP contribution in [0.1, 0.15) is 11.6 Å². The van der Waals surface area contributed by atoms with Gasteiger partial charge in [0.2, 0.25) is 5.91 Å². The monoisotopic (exact) mass is 241 g/mol. The Labute approximate surface area is 101 Å². The molecule has 0 atom stereocenters. The smallest absolute Gasteiger partial charge is 0.234 e. The van der Waals surface area contributed by atoms with Gasteiger partial charge in [-0.25, -0.2) is 0 Å². The van der Waals surface area contributed by atoms with Crippen molar-refractivity contribution in [2.45, 2.75) is 13.5 Å². The molecule has 0 aromatic carbocycles. The van der Waals surface area contributed by atoms with Gasteiger partial charge in [0.1, 0.15) is 11.6 Å². The maximum Gasteiger partial charge on any atom is 0.234 e. The highest BCUT2D eigenvalue weighted by Gasteiger charge is 2.05. The van der Waals surface area contributed by atoms with E-state index in [9.17, 15) is 4.79 Å². The van der Waals surface area contributed by atoms with Crippen molar-refractivity contribution in [3.05, 3.63) is 11.6 Å². The van der Waals surface area contributed by atoms with Gasteiger partial charge in [-0.3, -0.25) is 4.79 Å². The third-order valence-corrected chi connectivity index (χ3v) is 2.38. The molecule has 0 radical (unpaired) electrons. The number of carbonyl (C=O) groups excluding carboxylic acids is 1. The predicted molar refractivity (Wildman–Crippen MR) is 62.3 cm³/mol. The second-order valence-corrected chi connectivity index (χ2v) is 3.67. The molecule has 0 saturated heterocycles. The maximum atomic E-state index is 11.3. The van der Waals surface area contributed by atoms with E-state index in [0.29, 0.717) is 19.7 Å². The zero-order valence-corrected chi connectivity index (χ0v) is 10.5. The number of carbonyl (C=O) groups is 1. The van der Waals surface area contributed by atoms with Crippen LogP contribution in [-0.4, -0.2) is 47.5 Å². The standard InChI is InChI=1S/C10H19N5O2/c1-8-13-14-9(15(8)2)6-11-7-10(16)12-4-5-17-3/h11H,4-7H2,1-3H3,(H,12,16). The van der Waals surface area contributed by atoms with Crippen LogP contribution in [0.3, 0.4) is 0 Å². The van der Waals surface area contributed by atoms with Crippen molar-refractivity contribution in [1.82, 2.24) is 25.4 Å². The Kier molecular flexibility index (Phi) is 5.58. The summed E-state index contributed by atoms with van der Waals surface area (Å²) in [5, 5.41) is 13.6. The zero-order valence-electron chi connectivity index (χ0n) is 10.5. The van der Waals surface area contributed by atoms with Gasteiger partial charge in [-0.2, -0.15) is 0 Å². The van der Waals surface area contributed by atoms with Crippen LogP contribution in [0, 0.1) is 6.92 Å². The molecule has 1 rings (SSSR count). The Morgan fingerprint density at radius 3 is 2.82 bits per heavy atom. The van der Waals surface area contributed by atoms with Crippen LogP contribution < -0.4 is 10.6 Å².